The Morgan fingerprint density at radius 3 is 1.01 bits per heavy atom. The quantitative estimate of drug-likeness (QED) is 0.0237. The van der Waals surface area contributed by atoms with Crippen molar-refractivity contribution in [2.75, 3.05) is 53.9 Å². The van der Waals surface area contributed by atoms with Gasteiger partial charge in [-0.1, -0.05) is 106 Å². The number of nitrogens with two attached hydrogens (primary N) is 6. The van der Waals surface area contributed by atoms with Crippen LogP contribution in [-0.4, -0.2) is 181 Å². The van der Waals surface area contributed by atoms with E-state index in [-0.39, 0.29) is 40.4 Å². The molecule has 0 bridgehead atoms. The number of hydrogen-bond donors (Lipinski definition) is 6. The van der Waals surface area contributed by atoms with Crippen LogP contribution in [0.2, 0.25) is 0 Å². The number of rotatable bonds is 29. The van der Waals surface area contributed by atoms with Crippen molar-refractivity contribution >= 4 is 182 Å². The molecular formula is C98H94N30O10S6. The van der Waals surface area contributed by atoms with Gasteiger partial charge in [-0.05, 0) is 153 Å². The Hall–Kier alpha value is -16.7. The molecule has 0 saturated heterocycles. The number of Topliss-reactive ketones (excluding diaryl/α,β-unsaturated/α-hetero) is 3. The molecule has 12 N–H and O–H groups in total. The number of hydrogen-bond acceptors (Lipinski definition) is 37. The van der Waals surface area contributed by atoms with Crippen LogP contribution in [0.3, 0.4) is 0 Å². The molecule has 15 heterocycles. The van der Waals surface area contributed by atoms with E-state index in [2.05, 4.69) is 90.4 Å². The van der Waals surface area contributed by atoms with E-state index in [1.165, 1.54) is 72.0 Å². The molecule has 732 valence electrons. The van der Waals surface area contributed by atoms with Gasteiger partial charge in [-0.25, -0.2) is 113 Å². The maximum absolute atomic E-state index is 12.5. The first kappa shape index (κ1) is 100. The molecule has 0 aliphatic carbocycles. The highest BCUT2D eigenvalue weighted by Crippen LogP contribution is 2.31. The monoisotopic (exact) mass is 2040 g/mol. The van der Waals surface area contributed by atoms with Crippen molar-refractivity contribution in [2.24, 2.45) is 5.92 Å². The molecule has 0 spiro atoms. The lowest BCUT2D eigenvalue weighted by atomic mass is 10.0. The number of nitrogen functional groups attached to an aromatic ring is 6. The number of nitrogens with zero attached hydrogens (tertiary/aromatic N) is 24. The van der Waals surface area contributed by atoms with Crippen LogP contribution in [0.25, 0.3) is 100 Å². The van der Waals surface area contributed by atoms with E-state index in [9.17, 15) is 39.6 Å². The number of thiophene rings is 3. The summed E-state index contributed by atoms with van der Waals surface area (Å²) in [6, 6.07) is 51.6. The number of ether oxygens (including phenoxy) is 1. The zero-order valence-corrected chi connectivity index (χ0v) is 82.7. The van der Waals surface area contributed by atoms with Gasteiger partial charge in [0.25, 0.3) is 0 Å². The van der Waals surface area contributed by atoms with Gasteiger partial charge in [-0.15, -0.1) is 11.3 Å². The van der Waals surface area contributed by atoms with Crippen molar-refractivity contribution < 1.29 is 44.4 Å². The number of anilines is 6. The summed E-state index contributed by atoms with van der Waals surface area (Å²) in [5.41, 5.74) is 49.0. The minimum Gasteiger partial charge on any atom is -0.384 e. The first-order valence-corrected chi connectivity index (χ1v) is 52.4. The second-order valence-electron chi connectivity index (χ2n) is 33.1. The third-order valence-corrected chi connectivity index (χ3v) is 30.2. The SMILES string of the molecule is CC(C)CC(=O)Cc1cccc(-n2ncc3c(N)ncnc32)c1.CCCCS(=O)(=O)Cc1cccc(-n2ncc3c(N)ncnc32)c1.COCCC(=O)Cc1cccc(-n2ncc3c(N)ncnc32)c1.Nc1ncnc2c1cnn2-c1cccc(CC(=O)c2ccsc2)c1.Nc1ncnc2c1cnn2-c1cccc(CS(=O)(=O)c2cccs2)c1.Nc1ncnc2c1cnn2-c1cccc(CS(=O)(=O)c2ccsc2)c1. The second-order valence-corrected chi connectivity index (χ2v) is 42.0. The van der Waals surface area contributed by atoms with Crippen LogP contribution in [0.4, 0.5) is 34.9 Å². The molecule has 40 nitrogen and oxygen atoms in total. The number of carbonyl (C=O) groups is 3. The lowest BCUT2D eigenvalue weighted by Gasteiger charge is -2.07. The maximum atomic E-state index is 12.5. The highest BCUT2D eigenvalue weighted by molar-refractivity contribution is 7.92. The summed E-state index contributed by atoms with van der Waals surface area (Å²) in [6.07, 6.45) is 21.8. The van der Waals surface area contributed by atoms with Gasteiger partial charge in [-0.2, -0.15) is 53.3 Å². The van der Waals surface area contributed by atoms with E-state index in [1.807, 2.05) is 147 Å². The first-order chi connectivity index (χ1) is 69.5. The van der Waals surface area contributed by atoms with Crippen molar-refractivity contribution in [1.82, 2.24) is 118 Å². The molecule has 0 fully saturated rings. The van der Waals surface area contributed by atoms with Crippen molar-refractivity contribution in [3.8, 4) is 34.1 Å². The molecule has 0 unspecified atom stereocenters. The number of carbonyl (C=O) groups excluding carboxylic acids is 3. The van der Waals surface area contributed by atoms with Crippen LogP contribution in [-0.2, 0) is 80.4 Å². The van der Waals surface area contributed by atoms with Crippen LogP contribution in [0.1, 0.15) is 90.2 Å². The molecule has 0 radical (unpaired) electrons. The van der Waals surface area contributed by atoms with Crippen LogP contribution < -0.4 is 34.4 Å². The summed E-state index contributed by atoms with van der Waals surface area (Å²) in [5, 5.41) is 38.9. The standard InChI is InChI=1S/C17H13N5OS.C17H19N5O.2C16H13N5O2S2.C16H19N5O2S.C16H17N5O2/c18-16-14-8-21-22(17(14)20-10-19-16)13-3-1-2-11(6-13)7-15(23)12-4-5-24-9-12;1-11(2)6-14(23)8-12-4-3-5-13(7-12)22-17-15(9-21-22)16(18)19-10-20-17;17-15-13-8-20-21(16(13)19-10-18-15)12-4-1-3-11(7-12)9-25(22,23)14-5-2-6-24-14;17-15-14-7-20-21(16(14)19-10-18-15)12-3-1-2-11(6-12)9-25(22,23)13-4-5-24-8-13;1-2-3-7-24(22,23)10-12-5-4-6-13(8-12)21-16-14(9-20-21)15(17)18-11-19-16;1-23-6-5-13(22)8-11-3-2-4-12(7-11)21-16-14(9-20-21)15(17)18-10-19-16/h1-6,8-10H,7H2,(H2,18,19,20);3-5,7,9-11H,6,8H2,1-2H3,(H2,18,19,20);2*1-8,10H,9H2,(H2,17,18,19);4-6,8-9,11H,2-3,7,10H2,1H3,(H2,17,18,19);2-4,7,9-10H,5-6,8H2,1H3,(H2,17,18,19). The molecule has 0 atom stereocenters. The van der Waals surface area contributed by atoms with Gasteiger partial charge >= 0.3 is 0 Å². The van der Waals surface area contributed by atoms with E-state index < -0.39 is 29.5 Å². The fourth-order valence-electron chi connectivity index (χ4n) is 15.2. The summed E-state index contributed by atoms with van der Waals surface area (Å²) in [5.74, 6) is 3.22. The van der Waals surface area contributed by atoms with Crippen LogP contribution in [0.5, 0.6) is 0 Å². The van der Waals surface area contributed by atoms with Crippen molar-refractivity contribution in [1.29, 1.82) is 0 Å². The van der Waals surface area contributed by atoms with Gasteiger partial charge in [0.2, 0.25) is 0 Å². The van der Waals surface area contributed by atoms with E-state index in [4.69, 9.17) is 39.1 Å². The third kappa shape index (κ3) is 24.3. The second kappa shape index (κ2) is 45.3. The van der Waals surface area contributed by atoms with Crippen molar-refractivity contribution in [2.45, 2.75) is 92.1 Å². The Kier molecular flexibility index (Phi) is 31.6. The lowest BCUT2D eigenvalue weighted by Crippen LogP contribution is -2.09. The summed E-state index contributed by atoms with van der Waals surface area (Å²) in [7, 11) is -8.25. The van der Waals surface area contributed by atoms with E-state index in [1.54, 1.807) is 143 Å². The van der Waals surface area contributed by atoms with E-state index in [0.29, 0.717) is 184 Å². The predicted molar refractivity (Wildman–Crippen MR) is 555 cm³/mol. The Labute approximate surface area is 835 Å². The first-order valence-electron chi connectivity index (χ1n) is 44.5. The Morgan fingerprint density at radius 2 is 0.694 bits per heavy atom. The van der Waals surface area contributed by atoms with E-state index in [0.717, 1.165) is 57.0 Å². The molecule has 46 heteroatoms. The molecular weight excluding hydrogens is 1950 g/mol. The predicted octanol–water partition coefficient (Wildman–Crippen LogP) is 14.0. The van der Waals surface area contributed by atoms with E-state index >= 15 is 0 Å². The molecule has 0 amide bonds. The topological polar surface area (TPSA) is 581 Å². The van der Waals surface area contributed by atoms with Crippen molar-refractivity contribution in [3.63, 3.8) is 0 Å². The third-order valence-electron chi connectivity index (χ3n) is 22.1. The average molecular weight is 2040 g/mol. The molecule has 21 rings (SSSR count). The zero-order chi connectivity index (χ0) is 101. The number of unbranched alkanes of at least 4 members (excludes halogenated alkanes) is 1. The van der Waals surface area contributed by atoms with Gasteiger partial charge in [-0.3, -0.25) is 14.4 Å². The van der Waals surface area contributed by atoms with Gasteiger partial charge < -0.3 is 39.1 Å². The normalized spacial score (nSPS) is 11.5. The van der Waals surface area contributed by atoms with Gasteiger partial charge in [0.05, 0.1) is 138 Å². The Bertz CT molecular complexity index is 8340. The minimum absolute atomic E-state index is 0.0250. The average Bonchev–Trinajstić information content (AvgIpc) is 1.63. The van der Waals surface area contributed by atoms with Gasteiger partial charge in [0.15, 0.2) is 69.2 Å². The molecule has 6 aromatic carbocycles. The minimum atomic E-state index is -3.37. The fraction of sp³-hybridized carbons (Fsp3) is 0.173. The molecule has 0 saturated carbocycles. The smallest absolute Gasteiger partial charge is 0.191 e. The van der Waals surface area contributed by atoms with Crippen LogP contribution >= 0.6 is 34.0 Å². The summed E-state index contributed by atoms with van der Waals surface area (Å²) in [4.78, 5) is 85.6. The summed E-state index contributed by atoms with van der Waals surface area (Å²) < 4.78 is 89.4. The zero-order valence-electron chi connectivity index (χ0n) is 77.8. The summed E-state index contributed by atoms with van der Waals surface area (Å²) in [6.45, 7) is 6.52. The number of sulfone groups is 3. The molecule has 0 aliphatic heterocycles. The Balaban J connectivity index is 0.000000124. The number of benzene rings is 6. The number of ketones is 3. The highest BCUT2D eigenvalue weighted by atomic mass is 32.2. The largest absolute Gasteiger partial charge is 0.384 e. The van der Waals surface area contributed by atoms with Crippen LogP contribution in [0, 0.1) is 5.92 Å². The summed E-state index contributed by atoms with van der Waals surface area (Å²) >= 11 is 4.10. The highest BCUT2D eigenvalue weighted by Gasteiger charge is 2.24. The maximum Gasteiger partial charge on any atom is 0.191 e. The number of fused-ring (bicyclic) bond motifs is 6. The molecule has 15 aromatic heterocycles. The molecule has 0 aliphatic rings. The molecule has 21 aromatic rings. The molecule has 144 heavy (non-hydrogen) atoms. The van der Waals surface area contributed by atoms with Gasteiger partial charge in [0.1, 0.15) is 88.6 Å². The number of methoxy groups -OCH3 is 1. The number of aromatic nitrogens is 24. The lowest BCUT2D eigenvalue weighted by molar-refractivity contribution is -0.120. The van der Waals surface area contributed by atoms with Crippen molar-refractivity contribution in [3.05, 3.63) is 311 Å². The Morgan fingerprint density at radius 1 is 0.368 bits per heavy atom. The fourth-order valence-corrected chi connectivity index (χ4v) is 22.2. The van der Waals surface area contributed by atoms with Crippen LogP contribution in [0.15, 0.2) is 281 Å². The van der Waals surface area contributed by atoms with Gasteiger partial charge in [0, 0.05) is 55.5 Å².